The molecule has 0 aliphatic carbocycles. The second-order valence-corrected chi connectivity index (χ2v) is 16.1. The third-order valence-corrected chi connectivity index (χ3v) is 4.25. The summed E-state index contributed by atoms with van der Waals surface area (Å²) >= 11 is 0. The topological polar surface area (TPSA) is 34.1 Å². The molecule has 0 rings (SSSR count). The first-order valence-corrected chi connectivity index (χ1v) is 13.3. The second kappa shape index (κ2) is 14.9. The standard InChI is InChI=1S/C12H22.2C11H20O/c1-11(2,3)9-7-8-10-12(4,5)6;2*1-10(2,3)8-7-9(12)11(4,5)6/h7-10H,1-6H3;2*7-8H,1-6H3/b9-7+,10-8+;2*8-7+. The molecular formula is C34H62O2. The van der Waals surface area contributed by atoms with Crippen molar-refractivity contribution in [1.29, 1.82) is 0 Å². The Hall–Kier alpha value is -1.70. The van der Waals surface area contributed by atoms with Crippen molar-refractivity contribution < 1.29 is 9.59 Å². The van der Waals surface area contributed by atoms with Crippen molar-refractivity contribution in [3.63, 3.8) is 0 Å². The summed E-state index contributed by atoms with van der Waals surface area (Å²) in [4.78, 5) is 22.8. The van der Waals surface area contributed by atoms with Crippen LogP contribution >= 0.6 is 0 Å². The van der Waals surface area contributed by atoms with Gasteiger partial charge >= 0.3 is 0 Å². The third kappa shape index (κ3) is 32.3. The summed E-state index contributed by atoms with van der Waals surface area (Å²) in [6.07, 6.45) is 16.0. The van der Waals surface area contributed by atoms with Crippen LogP contribution in [-0.4, -0.2) is 11.6 Å². The minimum Gasteiger partial charge on any atom is -0.294 e. The van der Waals surface area contributed by atoms with Gasteiger partial charge in [-0.1, -0.05) is 161 Å². The van der Waals surface area contributed by atoms with E-state index in [1.807, 2.05) is 53.7 Å². The van der Waals surface area contributed by atoms with Crippen molar-refractivity contribution in [2.24, 2.45) is 32.5 Å². The average molecular weight is 503 g/mol. The van der Waals surface area contributed by atoms with Crippen LogP contribution in [-0.2, 0) is 9.59 Å². The number of hydrogen-bond acceptors (Lipinski definition) is 2. The van der Waals surface area contributed by atoms with Gasteiger partial charge in [0.2, 0.25) is 0 Å². The van der Waals surface area contributed by atoms with Crippen LogP contribution in [0.15, 0.2) is 48.6 Å². The van der Waals surface area contributed by atoms with Gasteiger partial charge in [-0.15, -0.1) is 0 Å². The predicted octanol–water partition coefficient (Wildman–Crippen LogP) is 10.6. The molecule has 0 unspecified atom stereocenters. The molecule has 2 heteroatoms. The molecule has 0 spiro atoms. The first-order chi connectivity index (χ1) is 15.5. The highest BCUT2D eigenvalue weighted by Crippen LogP contribution is 2.20. The minimum absolute atomic E-state index is 0.0981. The third-order valence-electron chi connectivity index (χ3n) is 4.25. The smallest absolute Gasteiger partial charge is 0.160 e. The number of carbonyl (C=O) groups excluding carboxylic acids is 2. The van der Waals surface area contributed by atoms with E-state index in [1.165, 1.54) is 0 Å². The summed E-state index contributed by atoms with van der Waals surface area (Å²) in [7, 11) is 0. The summed E-state index contributed by atoms with van der Waals surface area (Å²) in [5.74, 6) is 0.384. The van der Waals surface area contributed by atoms with Crippen molar-refractivity contribution in [3.8, 4) is 0 Å². The molecule has 0 aromatic heterocycles. The van der Waals surface area contributed by atoms with Gasteiger partial charge in [0.1, 0.15) is 0 Å². The quantitative estimate of drug-likeness (QED) is 0.284. The highest BCUT2D eigenvalue weighted by atomic mass is 16.1. The maximum Gasteiger partial charge on any atom is 0.160 e. The van der Waals surface area contributed by atoms with Crippen molar-refractivity contribution >= 4 is 11.6 Å². The highest BCUT2D eigenvalue weighted by molar-refractivity contribution is 5.94. The molecule has 0 atom stereocenters. The van der Waals surface area contributed by atoms with Gasteiger partial charge in [-0.05, 0) is 33.8 Å². The molecule has 0 saturated heterocycles. The van der Waals surface area contributed by atoms with Gasteiger partial charge in [-0.2, -0.15) is 0 Å². The van der Waals surface area contributed by atoms with Crippen LogP contribution in [0.25, 0.3) is 0 Å². The van der Waals surface area contributed by atoms with Crippen LogP contribution in [0.1, 0.15) is 125 Å². The lowest BCUT2D eigenvalue weighted by Gasteiger charge is -2.15. The van der Waals surface area contributed by atoms with Crippen LogP contribution < -0.4 is 0 Å². The van der Waals surface area contributed by atoms with E-state index >= 15 is 0 Å². The Labute approximate surface area is 226 Å². The maximum atomic E-state index is 11.4. The summed E-state index contributed by atoms with van der Waals surface area (Å²) in [6.45, 7) is 37.3. The SMILES string of the molecule is CC(C)(C)/C=C/C(=O)C(C)(C)C.CC(C)(C)/C=C/C(=O)C(C)(C)C.CC(C)(C)/C=C/C=C/C(C)(C)C. The van der Waals surface area contributed by atoms with E-state index in [4.69, 9.17) is 0 Å². The monoisotopic (exact) mass is 502 g/mol. The van der Waals surface area contributed by atoms with Crippen molar-refractivity contribution in [3.05, 3.63) is 48.6 Å². The molecular weight excluding hydrogens is 440 g/mol. The van der Waals surface area contributed by atoms with Gasteiger partial charge in [0.05, 0.1) is 0 Å². The fourth-order valence-electron chi connectivity index (χ4n) is 1.84. The zero-order valence-corrected chi connectivity index (χ0v) is 27.4. The van der Waals surface area contributed by atoms with Gasteiger partial charge in [-0.3, -0.25) is 9.59 Å². The van der Waals surface area contributed by atoms with Crippen molar-refractivity contribution in [1.82, 2.24) is 0 Å². The number of hydrogen-bond donors (Lipinski definition) is 0. The van der Waals surface area contributed by atoms with Crippen LogP contribution in [0.5, 0.6) is 0 Å². The molecule has 0 N–H and O–H groups in total. The van der Waals surface area contributed by atoms with Gasteiger partial charge in [0, 0.05) is 10.8 Å². The predicted molar refractivity (Wildman–Crippen MR) is 163 cm³/mol. The van der Waals surface area contributed by atoms with Gasteiger partial charge in [-0.25, -0.2) is 0 Å². The summed E-state index contributed by atoms with van der Waals surface area (Å²) < 4.78 is 0. The Morgan fingerprint density at radius 3 is 0.694 bits per heavy atom. The van der Waals surface area contributed by atoms with Crippen LogP contribution in [0.2, 0.25) is 0 Å². The van der Waals surface area contributed by atoms with E-state index in [0.29, 0.717) is 10.8 Å². The molecule has 0 fully saturated rings. The zero-order chi connectivity index (χ0) is 29.8. The van der Waals surface area contributed by atoms with E-state index in [0.717, 1.165) is 0 Å². The van der Waals surface area contributed by atoms with E-state index in [1.54, 1.807) is 12.2 Å². The molecule has 0 aromatic carbocycles. The number of rotatable bonds is 3. The lowest BCUT2D eigenvalue weighted by molar-refractivity contribution is -0.122. The van der Waals surface area contributed by atoms with E-state index in [9.17, 15) is 9.59 Å². The van der Waals surface area contributed by atoms with Gasteiger partial charge in [0.15, 0.2) is 11.6 Å². The number of ketones is 2. The molecule has 0 aliphatic rings. The van der Waals surface area contributed by atoms with E-state index in [-0.39, 0.29) is 33.2 Å². The Morgan fingerprint density at radius 1 is 0.361 bits per heavy atom. The maximum absolute atomic E-state index is 11.4. The molecule has 0 radical (unpaired) electrons. The average Bonchev–Trinajstić information content (AvgIpc) is 2.58. The molecule has 0 saturated carbocycles. The molecule has 0 amide bonds. The summed E-state index contributed by atoms with van der Waals surface area (Å²) in [5.41, 5.74) is 0.287. The highest BCUT2D eigenvalue weighted by Gasteiger charge is 2.19. The number of allylic oxidation sites excluding steroid dienone is 8. The normalized spacial score (nSPS) is 14.2. The van der Waals surface area contributed by atoms with Crippen LogP contribution in [0.4, 0.5) is 0 Å². The lowest BCUT2D eigenvalue weighted by atomic mass is 9.88. The summed E-state index contributed by atoms with van der Waals surface area (Å²) in [5, 5.41) is 0. The zero-order valence-electron chi connectivity index (χ0n) is 27.4. The molecule has 0 aliphatic heterocycles. The molecule has 0 bridgehead atoms. The molecule has 2 nitrogen and oxygen atoms in total. The van der Waals surface area contributed by atoms with Crippen LogP contribution in [0, 0.1) is 32.5 Å². The fourth-order valence-corrected chi connectivity index (χ4v) is 1.84. The summed E-state index contributed by atoms with van der Waals surface area (Å²) in [6, 6.07) is 0. The Balaban J connectivity index is -0.000000454. The Morgan fingerprint density at radius 2 is 0.556 bits per heavy atom. The van der Waals surface area contributed by atoms with Crippen molar-refractivity contribution in [2.45, 2.75) is 125 Å². The molecule has 210 valence electrons. The minimum atomic E-state index is -0.248. The second-order valence-electron chi connectivity index (χ2n) is 16.1. The first-order valence-electron chi connectivity index (χ1n) is 13.3. The number of carbonyl (C=O) groups is 2. The van der Waals surface area contributed by atoms with E-state index in [2.05, 4.69) is 107 Å². The van der Waals surface area contributed by atoms with E-state index < -0.39 is 0 Å². The fraction of sp³-hybridized carbons (Fsp3) is 0.706. The molecule has 36 heavy (non-hydrogen) atoms. The first kappa shape index (κ1) is 38.8. The van der Waals surface area contributed by atoms with Crippen molar-refractivity contribution in [2.75, 3.05) is 0 Å². The van der Waals surface area contributed by atoms with Gasteiger partial charge in [0.25, 0.3) is 0 Å². The van der Waals surface area contributed by atoms with Gasteiger partial charge < -0.3 is 0 Å². The Kier molecular flexibility index (Phi) is 16.1. The molecule has 0 aromatic rings. The Bertz CT molecular complexity index is 690. The molecule has 0 heterocycles. The lowest BCUT2D eigenvalue weighted by Crippen LogP contribution is -2.18. The largest absolute Gasteiger partial charge is 0.294 e. The van der Waals surface area contributed by atoms with Crippen LogP contribution in [0.3, 0.4) is 0 Å².